The van der Waals surface area contributed by atoms with Crippen LogP contribution in [-0.4, -0.2) is 61.3 Å². The number of benzene rings is 1. The standard InChI is InChI=1S/C21H25N5O4S2.H2O/c1-21(2,3)30-18(29)14(9-11-31-4)23-19-25-26-20(32-19)24-17(28)13-8-7-12-6-5-10-22-15(12)16(13)27;/h5-8,10,14,27H,9,11H2,1-4H3,(H,23,25)(H,24,26,28);1H2/t14-;/m0./s1. The van der Waals surface area contributed by atoms with Crippen LogP contribution in [0.1, 0.15) is 37.6 Å². The predicted molar refractivity (Wildman–Crippen MR) is 131 cm³/mol. The van der Waals surface area contributed by atoms with E-state index in [0.717, 1.165) is 22.5 Å². The Labute approximate surface area is 199 Å². The number of phenolic OH excluding ortho intramolecular Hbond substituents is 1. The van der Waals surface area contributed by atoms with Crippen molar-refractivity contribution < 1.29 is 24.9 Å². The quantitative estimate of drug-likeness (QED) is 0.401. The van der Waals surface area contributed by atoms with E-state index >= 15 is 0 Å². The van der Waals surface area contributed by atoms with E-state index in [-0.39, 0.29) is 27.9 Å². The summed E-state index contributed by atoms with van der Waals surface area (Å²) in [6.45, 7) is 5.44. The minimum absolute atomic E-state index is 0. The highest BCUT2D eigenvalue weighted by molar-refractivity contribution is 7.98. The molecule has 12 heteroatoms. The van der Waals surface area contributed by atoms with Crippen LogP contribution in [0.15, 0.2) is 30.5 Å². The number of phenols is 1. The summed E-state index contributed by atoms with van der Waals surface area (Å²) >= 11 is 2.71. The Kier molecular flexibility index (Phi) is 8.97. The summed E-state index contributed by atoms with van der Waals surface area (Å²) in [6, 6.07) is 6.19. The molecule has 3 aromatic rings. The molecule has 2 aromatic heterocycles. The molecule has 0 bridgehead atoms. The molecular weight excluding hydrogens is 466 g/mol. The molecule has 0 radical (unpaired) electrons. The second-order valence-corrected chi connectivity index (χ2v) is 9.88. The van der Waals surface area contributed by atoms with Crippen molar-refractivity contribution in [2.75, 3.05) is 22.6 Å². The van der Waals surface area contributed by atoms with E-state index in [9.17, 15) is 14.7 Å². The number of amides is 1. The molecule has 5 N–H and O–H groups in total. The molecule has 178 valence electrons. The van der Waals surface area contributed by atoms with Crippen LogP contribution in [0.5, 0.6) is 5.75 Å². The molecule has 0 unspecified atom stereocenters. The monoisotopic (exact) mass is 493 g/mol. The maximum Gasteiger partial charge on any atom is 0.329 e. The smallest absolute Gasteiger partial charge is 0.329 e. The zero-order valence-corrected chi connectivity index (χ0v) is 20.3. The van der Waals surface area contributed by atoms with Crippen LogP contribution in [0, 0.1) is 0 Å². The number of rotatable bonds is 8. The highest BCUT2D eigenvalue weighted by atomic mass is 32.2. The van der Waals surface area contributed by atoms with Crippen molar-refractivity contribution in [2.45, 2.75) is 38.8 Å². The van der Waals surface area contributed by atoms with Gasteiger partial charge in [0.25, 0.3) is 5.91 Å². The number of aromatic nitrogens is 3. The highest BCUT2D eigenvalue weighted by Crippen LogP contribution is 2.28. The van der Waals surface area contributed by atoms with E-state index in [1.54, 1.807) is 36.2 Å². The number of carbonyl (C=O) groups is 2. The Balaban J connectivity index is 0.00000385. The van der Waals surface area contributed by atoms with E-state index < -0.39 is 17.6 Å². The minimum Gasteiger partial charge on any atom is -0.505 e. The van der Waals surface area contributed by atoms with Crippen molar-refractivity contribution in [1.82, 2.24) is 15.2 Å². The number of fused-ring (bicyclic) bond motifs is 1. The first-order valence-electron chi connectivity index (χ1n) is 9.88. The van der Waals surface area contributed by atoms with E-state index in [1.165, 1.54) is 6.07 Å². The van der Waals surface area contributed by atoms with Crippen molar-refractivity contribution in [3.63, 3.8) is 0 Å². The van der Waals surface area contributed by atoms with Crippen molar-refractivity contribution in [3.05, 3.63) is 36.0 Å². The van der Waals surface area contributed by atoms with Crippen LogP contribution in [-0.2, 0) is 9.53 Å². The van der Waals surface area contributed by atoms with Crippen LogP contribution in [0.3, 0.4) is 0 Å². The summed E-state index contributed by atoms with van der Waals surface area (Å²) in [7, 11) is 0. The van der Waals surface area contributed by atoms with E-state index in [1.807, 2.05) is 27.0 Å². The van der Waals surface area contributed by atoms with Gasteiger partial charge in [0, 0.05) is 11.6 Å². The Morgan fingerprint density at radius 1 is 1.21 bits per heavy atom. The first-order valence-corrected chi connectivity index (χ1v) is 12.1. The third kappa shape index (κ3) is 7.01. The number of aromatic hydroxyl groups is 1. The maximum atomic E-state index is 12.7. The lowest BCUT2D eigenvalue weighted by Crippen LogP contribution is -2.37. The molecule has 1 atom stereocenters. The van der Waals surface area contributed by atoms with Crippen molar-refractivity contribution in [2.24, 2.45) is 0 Å². The maximum absolute atomic E-state index is 12.7. The minimum atomic E-state index is -0.604. The number of anilines is 2. The van der Waals surface area contributed by atoms with Gasteiger partial charge in [-0.25, -0.2) is 4.79 Å². The number of ether oxygens (including phenoxy) is 1. The number of nitrogens with one attached hydrogen (secondary N) is 2. The van der Waals surface area contributed by atoms with Crippen LogP contribution >= 0.6 is 23.1 Å². The fourth-order valence-corrected chi connectivity index (χ4v) is 3.98. The average Bonchev–Trinajstić information content (AvgIpc) is 3.17. The van der Waals surface area contributed by atoms with Gasteiger partial charge in [-0.2, -0.15) is 11.8 Å². The molecule has 0 saturated carbocycles. The molecule has 1 aromatic carbocycles. The Bertz CT molecular complexity index is 1120. The van der Waals surface area contributed by atoms with Crippen molar-refractivity contribution >= 4 is 56.1 Å². The van der Waals surface area contributed by atoms with Crippen LogP contribution in [0.25, 0.3) is 10.9 Å². The van der Waals surface area contributed by atoms with Gasteiger partial charge in [0.2, 0.25) is 10.3 Å². The molecule has 0 aliphatic rings. The summed E-state index contributed by atoms with van der Waals surface area (Å²) in [5.74, 6) is -0.357. The second kappa shape index (κ2) is 11.3. The topological polar surface area (TPSA) is 158 Å². The van der Waals surface area contributed by atoms with Gasteiger partial charge in [-0.05, 0) is 51.3 Å². The predicted octanol–water partition coefficient (Wildman–Crippen LogP) is 3.09. The van der Waals surface area contributed by atoms with Crippen molar-refractivity contribution in [3.8, 4) is 5.75 Å². The van der Waals surface area contributed by atoms with Gasteiger partial charge in [0.1, 0.15) is 17.2 Å². The third-order valence-electron chi connectivity index (χ3n) is 4.24. The Hall–Kier alpha value is -2.96. The third-order valence-corrected chi connectivity index (χ3v) is 5.65. The molecule has 0 aliphatic heterocycles. The fourth-order valence-electron chi connectivity index (χ4n) is 2.82. The molecule has 33 heavy (non-hydrogen) atoms. The summed E-state index contributed by atoms with van der Waals surface area (Å²) in [4.78, 5) is 29.3. The number of nitrogens with zero attached hydrogens (tertiary/aromatic N) is 3. The van der Waals surface area contributed by atoms with Gasteiger partial charge in [-0.3, -0.25) is 15.1 Å². The highest BCUT2D eigenvalue weighted by Gasteiger charge is 2.26. The number of esters is 1. The molecule has 0 saturated heterocycles. The Morgan fingerprint density at radius 3 is 2.64 bits per heavy atom. The molecule has 3 rings (SSSR count). The molecule has 0 fully saturated rings. The summed E-state index contributed by atoms with van der Waals surface area (Å²) in [5, 5.41) is 25.4. The summed E-state index contributed by atoms with van der Waals surface area (Å²) in [5.41, 5.74) is -0.186. The molecule has 0 spiro atoms. The SMILES string of the molecule is CSCC[C@H](Nc1nnc(NC(=O)c2ccc3cccnc3c2O)s1)C(=O)OC(C)(C)C.O. The first-order chi connectivity index (χ1) is 15.2. The van der Waals surface area contributed by atoms with E-state index in [0.29, 0.717) is 17.1 Å². The number of pyridine rings is 1. The zero-order chi connectivity index (χ0) is 23.3. The first kappa shape index (κ1) is 26.3. The van der Waals surface area contributed by atoms with E-state index in [2.05, 4.69) is 25.8 Å². The Morgan fingerprint density at radius 2 is 1.94 bits per heavy atom. The van der Waals surface area contributed by atoms with Crippen LogP contribution < -0.4 is 10.6 Å². The lowest BCUT2D eigenvalue weighted by Gasteiger charge is -2.24. The fraction of sp³-hybridized carbons (Fsp3) is 0.381. The van der Waals surface area contributed by atoms with Gasteiger partial charge in [0.05, 0.1) is 5.56 Å². The average molecular weight is 494 g/mol. The molecule has 2 heterocycles. The number of hydrogen-bond donors (Lipinski definition) is 3. The molecular formula is C21H27N5O5S2. The zero-order valence-electron chi connectivity index (χ0n) is 18.7. The van der Waals surface area contributed by atoms with Gasteiger partial charge in [-0.15, -0.1) is 10.2 Å². The lowest BCUT2D eigenvalue weighted by molar-refractivity contribution is -0.155. The largest absolute Gasteiger partial charge is 0.505 e. The normalized spacial score (nSPS) is 12.0. The molecule has 10 nitrogen and oxygen atoms in total. The number of hydrogen-bond acceptors (Lipinski definition) is 10. The van der Waals surface area contributed by atoms with Gasteiger partial charge in [-0.1, -0.05) is 23.5 Å². The van der Waals surface area contributed by atoms with Crippen LogP contribution in [0.4, 0.5) is 10.3 Å². The molecule has 1 amide bonds. The van der Waals surface area contributed by atoms with Crippen molar-refractivity contribution in [1.29, 1.82) is 0 Å². The summed E-state index contributed by atoms with van der Waals surface area (Å²) in [6.07, 6.45) is 4.06. The number of thioether (sulfide) groups is 1. The molecule has 0 aliphatic carbocycles. The van der Waals surface area contributed by atoms with E-state index in [4.69, 9.17) is 4.74 Å². The van der Waals surface area contributed by atoms with Gasteiger partial charge >= 0.3 is 5.97 Å². The summed E-state index contributed by atoms with van der Waals surface area (Å²) < 4.78 is 5.49. The lowest BCUT2D eigenvalue weighted by atomic mass is 10.1. The van der Waals surface area contributed by atoms with Crippen LogP contribution in [0.2, 0.25) is 0 Å². The van der Waals surface area contributed by atoms with Gasteiger partial charge < -0.3 is 20.6 Å². The number of carbonyl (C=O) groups excluding carboxylic acids is 2. The van der Waals surface area contributed by atoms with Gasteiger partial charge in [0.15, 0.2) is 5.75 Å². The second-order valence-electron chi connectivity index (χ2n) is 7.92.